The summed E-state index contributed by atoms with van der Waals surface area (Å²) in [4.78, 5) is 4.91. The minimum absolute atomic E-state index is 0.548. The summed E-state index contributed by atoms with van der Waals surface area (Å²) in [6.07, 6.45) is 8.59. The second-order valence-corrected chi connectivity index (χ2v) is 7.64. The van der Waals surface area contributed by atoms with Crippen LogP contribution in [0.15, 0.2) is 47.1 Å². The Balaban J connectivity index is 1.81. The lowest BCUT2D eigenvalue weighted by atomic mass is 9.95. The van der Waals surface area contributed by atoms with Crippen molar-refractivity contribution in [1.29, 1.82) is 0 Å². The lowest BCUT2D eigenvalue weighted by Crippen LogP contribution is -2.23. The molecule has 24 heavy (non-hydrogen) atoms. The molecule has 3 nitrogen and oxygen atoms in total. The Morgan fingerprint density at radius 2 is 1.83 bits per heavy atom. The summed E-state index contributed by atoms with van der Waals surface area (Å²) in [5.74, 6) is 1.12. The average molecular weight is 384 g/mol. The first-order valence-electron chi connectivity index (χ1n) is 8.72. The van der Waals surface area contributed by atoms with E-state index in [-0.39, 0.29) is 0 Å². The van der Waals surface area contributed by atoms with Crippen LogP contribution in [0, 0.1) is 6.92 Å². The van der Waals surface area contributed by atoms with Crippen LogP contribution in [0.1, 0.15) is 37.7 Å². The molecule has 2 heterocycles. The van der Waals surface area contributed by atoms with Gasteiger partial charge < -0.3 is 5.32 Å². The molecule has 0 aliphatic heterocycles. The number of hydrogen-bond donors (Lipinski definition) is 1. The molecule has 3 aromatic rings. The van der Waals surface area contributed by atoms with Crippen molar-refractivity contribution in [1.82, 2.24) is 9.38 Å². The van der Waals surface area contributed by atoms with Crippen molar-refractivity contribution < 1.29 is 0 Å². The van der Waals surface area contributed by atoms with E-state index < -0.39 is 0 Å². The number of fused-ring (bicyclic) bond motifs is 1. The van der Waals surface area contributed by atoms with E-state index >= 15 is 0 Å². The van der Waals surface area contributed by atoms with Gasteiger partial charge in [-0.15, -0.1) is 0 Å². The van der Waals surface area contributed by atoms with Gasteiger partial charge in [0.1, 0.15) is 17.2 Å². The fraction of sp³-hybridized carbons (Fsp3) is 0.350. The van der Waals surface area contributed by atoms with Crippen molar-refractivity contribution in [2.45, 2.75) is 45.1 Å². The van der Waals surface area contributed by atoms with E-state index in [0.717, 1.165) is 21.6 Å². The quantitative estimate of drug-likeness (QED) is 0.617. The smallest absolute Gasteiger partial charge is 0.140 e. The van der Waals surface area contributed by atoms with E-state index in [1.165, 1.54) is 43.2 Å². The van der Waals surface area contributed by atoms with Crippen LogP contribution in [0.2, 0.25) is 0 Å². The predicted molar refractivity (Wildman–Crippen MR) is 104 cm³/mol. The largest absolute Gasteiger partial charge is 0.367 e. The molecule has 0 unspecified atom stereocenters. The Morgan fingerprint density at radius 1 is 1.08 bits per heavy atom. The fourth-order valence-electron chi connectivity index (χ4n) is 3.51. The maximum atomic E-state index is 4.91. The minimum atomic E-state index is 0.548. The molecule has 1 N–H and O–H groups in total. The SMILES string of the molecule is Cc1ccc(-c2nc3cc(Br)ccn3c2NC2CCCCC2)cc1. The Bertz CT molecular complexity index is 845. The Hall–Kier alpha value is -1.81. The van der Waals surface area contributed by atoms with Crippen LogP contribution in [0.25, 0.3) is 16.9 Å². The summed E-state index contributed by atoms with van der Waals surface area (Å²) in [6, 6.07) is 13.3. The molecule has 4 rings (SSSR count). The summed E-state index contributed by atoms with van der Waals surface area (Å²) in [6.45, 7) is 2.12. The normalized spacial score (nSPS) is 15.8. The zero-order valence-corrected chi connectivity index (χ0v) is 15.5. The van der Waals surface area contributed by atoms with Crippen LogP contribution >= 0.6 is 15.9 Å². The van der Waals surface area contributed by atoms with Crippen LogP contribution in [0.5, 0.6) is 0 Å². The van der Waals surface area contributed by atoms with Gasteiger partial charge in [-0.1, -0.05) is 65.0 Å². The third-order valence-electron chi connectivity index (χ3n) is 4.86. The van der Waals surface area contributed by atoms with E-state index in [9.17, 15) is 0 Å². The van der Waals surface area contributed by atoms with Crippen LogP contribution < -0.4 is 5.32 Å². The monoisotopic (exact) mass is 383 g/mol. The van der Waals surface area contributed by atoms with Gasteiger partial charge in [-0.25, -0.2) is 4.98 Å². The van der Waals surface area contributed by atoms with Crippen molar-refractivity contribution in [2.24, 2.45) is 0 Å². The number of nitrogens with one attached hydrogen (secondary N) is 1. The number of aromatic nitrogens is 2. The zero-order valence-electron chi connectivity index (χ0n) is 13.9. The lowest BCUT2D eigenvalue weighted by Gasteiger charge is -2.24. The second kappa shape index (κ2) is 6.60. The maximum Gasteiger partial charge on any atom is 0.140 e. The third-order valence-corrected chi connectivity index (χ3v) is 5.35. The molecular formula is C20H22BrN3. The molecule has 0 atom stereocenters. The number of nitrogens with zero attached hydrogens (tertiary/aromatic N) is 2. The summed E-state index contributed by atoms with van der Waals surface area (Å²) in [5.41, 5.74) is 4.45. The van der Waals surface area contributed by atoms with E-state index in [2.05, 4.69) is 75.2 Å². The van der Waals surface area contributed by atoms with Gasteiger partial charge in [-0.3, -0.25) is 4.40 Å². The van der Waals surface area contributed by atoms with E-state index in [1.54, 1.807) is 0 Å². The van der Waals surface area contributed by atoms with Crippen LogP contribution in [-0.2, 0) is 0 Å². The van der Waals surface area contributed by atoms with Gasteiger partial charge in [0.15, 0.2) is 0 Å². The van der Waals surface area contributed by atoms with Gasteiger partial charge in [0.05, 0.1) is 0 Å². The second-order valence-electron chi connectivity index (χ2n) is 6.73. The van der Waals surface area contributed by atoms with Crippen LogP contribution in [0.3, 0.4) is 0 Å². The van der Waals surface area contributed by atoms with Gasteiger partial charge in [0.2, 0.25) is 0 Å². The van der Waals surface area contributed by atoms with Gasteiger partial charge in [0.25, 0.3) is 0 Å². The maximum absolute atomic E-state index is 4.91. The molecule has 2 aromatic heterocycles. The molecule has 0 saturated heterocycles. The lowest BCUT2D eigenvalue weighted by molar-refractivity contribution is 0.462. The van der Waals surface area contributed by atoms with Gasteiger partial charge in [-0.2, -0.15) is 0 Å². The van der Waals surface area contributed by atoms with Crippen LogP contribution in [0.4, 0.5) is 5.82 Å². The average Bonchev–Trinajstić information content (AvgIpc) is 2.94. The highest BCUT2D eigenvalue weighted by Gasteiger charge is 2.19. The molecule has 1 saturated carbocycles. The van der Waals surface area contributed by atoms with Crippen molar-refractivity contribution in [2.75, 3.05) is 5.32 Å². The number of imidazole rings is 1. The summed E-state index contributed by atoms with van der Waals surface area (Å²) in [5, 5.41) is 3.79. The van der Waals surface area contributed by atoms with Crippen molar-refractivity contribution >= 4 is 27.4 Å². The Labute approximate surface area is 151 Å². The molecule has 1 aliphatic carbocycles. The third kappa shape index (κ3) is 3.07. The van der Waals surface area contributed by atoms with Gasteiger partial charge >= 0.3 is 0 Å². The zero-order chi connectivity index (χ0) is 16.5. The number of hydrogen-bond acceptors (Lipinski definition) is 2. The molecular weight excluding hydrogens is 362 g/mol. The molecule has 4 heteroatoms. The van der Waals surface area contributed by atoms with E-state index in [1.807, 2.05) is 0 Å². The predicted octanol–water partition coefficient (Wildman–Crippen LogP) is 5.82. The first kappa shape index (κ1) is 15.7. The number of anilines is 1. The molecule has 1 aromatic carbocycles. The summed E-state index contributed by atoms with van der Waals surface area (Å²) < 4.78 is 3.23. The topological polar surface area (TPSA) is 29.3 Å². The van der Waals surface area contributed by atoms with Crippen LogP contribution in [-0.4, -0.2) is 15.4 Å². The van der Waals surface area contributed by atoms with Crippen molar-refractivity contribution in [3.8, 4) is 11.3 Å². The molecule has 124 valence electrons. The highest BCUT2D eigenvalue weighted by atomic mass is 79.9. The van der Waals surface area contributed by atoms with E-state index in [4.69, 9.17) is 4.98 Å². The summed E-state index contributed by atoms with van der Waals surface area (Å²) in [7, 11) is 0. The molecule has 0 radical (unpaired) electrons. The first-order valence-corrected chi connectivity index (χ1v) is 9.51. The van der Waals surface area contributed by atoms with Crippen molar-refractivity contribution in [3.05, 3.63) is 52.6 Å². The van der Waals surface area contributed by atoms with Gasteiger partial charge in [-0.05, 0) is 31.9 Å². The number of rotatable bonds is 3. The first-order chi connectivity index (χ1) is 11.7. The van der Waals surface area contributed by atoms with E-state index in [0.29, 0.717) is 6.04 Å². The van der Waals surface area contributed by atoms with Gasteiger partial charge in [0, 0.05) is 22.3 Å². The Morgan fingerprint density at radius 3 is 2.58 bits per heavy atom. The highest BCUT2D eigenvalue weighted by molar-refractivity contribution is 9.10. The molecule has 1 fully saturated rings. The molecule has 1 aliphatic rings. The Kier molecular flexibility index (Phi) is 4.31. The highest BCUT2D eigenvalue weighted by Crippen LogP contribution is 2.32. The summed E-state index contributed by atoms with van der Waals surface area (Å²) >= 11 is 3.56. The number of pyridine rings is 1. The standard InChI is InChI=1S/C20H22BrN3/c1-14-7-9-15(10-8-14)19-20(22-17-5-3-2-4-6-17)24-12-11-16(21)13-18(24)23-19/h7-13,17,22H,2-6H2,1H3. The minimum Gasteiger partial charge on any atom is -0.367 e. The number of halogens is 1. The van der Waals surface area contributed by atoms with Crippen molar-refractivity contribution in [3.63, 3.8) is 0 Å². The molecule has 0 bridgehead atoms. The number of aryl methyl sites for hydroxylation is 1. The number of benzene rings is 1. The molecule has 0 amide bonds. The fourth-order valence-corrected chi connectivity index (χ4v) is 3.83. The molecule has 0 spiro atoms.